The number of hydrogen-bond donors (Lipinski definition) is 2. The van der Waals surface area contributed by atoms with Crippen LogP contribution in [0, 0.1) is 0 Å². The van der Waals surface area contributed by atoms with E-state index in [1.165, 1.54) is 4.90 Å². The smallest absolute Gasteiger partial charge is 0.254 e. The number of carbonyl (C=O) groups excluding carboxylic acids is 2. The molecule has 0 aliphatic carbocycles. The summed E-state index contributed by atoms with van der Waals surface area (Å²) in [4.78, 5) is 26.6. The van der Waals surface area contributed by atoms with E-state index in [4.69, 9.17) is 28.9 Å². The van der Waals surface area contributed by atoms with Crippen molar-refractivity contribution in [2.45, 2.75) is 19.9 Å². The normalized spacial score (nSPS) is 10.1. The molecule has 2 rings (SSSR count). The van der Waals surface area contributed by atoms with Gasteiger partial charge in [0.2, 0.25) is 5.91 Å². The Morgan fingerprint density at radius 1 is 1.11 bits per heavy atom. The van der Waals surface area contributed by atoms with E-state index >= 15 is 0 Å². The highest BCUT2D eigenvalue weighted by molar-refractivity contribution is 6.36. The first-order chi connectivity index (χ1) is 12.4. The van der Waals surface area contributed by atoms with E-state index in [1.54, 1.807) is 30.3 Å². The molecule has 0 radical (unpaired) electrons. The lowest BCUT2D eigenvalue weighted by Gasteiger charge is -2.22. The van der Waals surface area contributed by atoms with Crippen molar-refractivity contribution < 1.29 is 9.59 Å². The third kappa shape index (κ3) is 6.70. The molecular weight excluding hydrogens is 409 g/mol. The van der Waals surface area contributed by atoms with Crippen LogP contribution in [0.3, 0.4) is 0 Å². The summed E-state index contributed by atoms with van der Waals surface area (Å²) in [5.41, 5.74) is 7.50. The summed E-state index contributed by atoms with van der Waals surface area (Å²) in [5, 5.41) is 3.54. The molecule has 0 fully saturated rings. The average Bonchev–Trinajstić information content (AvgIpc) is 2.63. The molecule has 0 heterocycles. The molecular formula is C19H22Cl3N3O2. The Balaban J connectivity index is 0.00000364. The Morgan fingerprint density at radius 3 is 2.33 bits per heavy atom. The van der Waals surface area contributed by atoms with Crippen LogP contribution in [0.25, 0.3) is 0 Å². The molecule has 0 aromatic heterocycles. The summed E-state index contributed by atoms with van der Waals surface area (Å²) in [7, 11) is 0. The van der Waals surface area contributed by atoms with Crippen molar-refractivity contribution in [2.24, 2.45) is 5.73 Å². The second-order valence-corrected chi connectivity index (χ2v) is 6.64. The van der Waals surface area contributed by atoms with E-state index in [1.807, 2.05) is 19.1 Å². The SMILES string of the molecule is CCCN(CC(=O)Nc1ccc(Cl)cc1Cl)C(=O)c1ccc(CN)cc1.Cl. The van der Waals surface area contributed by atoms with Crippen LogP contribution in [0.15, 0.2) is 42.5 Å². The van der Waals surface area contributed by atoms with E-state index in [2.05, 4.69) is 5.32 Å². The molecule has 0 atom stereocenters. The molecule has 3 N–H and O–H groups in total. The number of amides is 2. The van der Waals surface area contributed by atoms with E-state index in [9.17, 15) is 9.59 Å². The minimum atomic E-state index is -0.324. The van der Waals surface area contributed by atoms with Crippen molar-refractivity contribution in [3.8, 4) is 0 Å². The lowest BCUT2D eigenvalue weighted by molar-refractivity contribution is -0.116. The first-order valence-electron chi connectivity index (χ1n) is 8.27. The maximum Gasteiger partial charge on any atom is 0.254 e. The van der Waals surface area contributed by atoms with Gasteiger partial charge < -0.3 is 16.0 Å². The van der Waals surface area contributed by atoms with Gasteiger partial charge in [0, 0.05) is 23.7 Å². The van der Waals surface area contributed by atoms with Crippen LogP contribution >= 0.6 is 35.6 Å². The standard InChI is InChI=1S/C19H21Cl2N3O2.ClH/c1-2-9-24(19(26)14-5-3-13(11-22)4-6-14)12-18(25)23-17-8-7-15(20)10-16(17)21;/h3-8,10H,2,9,11-12,22H2,1H3,(H,23,25);1H. The van der Waals surface area contributed by atoms with Crippen LogP contribution < -0.4 is 11.1 Å². The maximum atomic E-state index is 12.7. The molecule has 27 heavy (non-hydrogen) atoms. The molecule has 2 aromatic rings. The Labute approximate surface area is 175 Å². The number of anilines is 1. The van der Waals surface area contributed by atoms with E-state index < -0.39 is 0 Å². The monoisotopic (exact) mass is 429 g/mol. The van der Waals surface area contributed by atoms with Gasteiger partial charge >= 0.3 is 0 Å². The summed E-state index contributed by atoms with van der Waals surface area (Å²) in [6.07, 6.45) is 0.738. The van der Waals surface area contributed by atoms with Crippen LogP contribution in [0.4, 0.5) is 5.69 Å². The summed E-state index contributed by atoms with van der Waals surface area (Å²) >= 11 is 11.9. The van der Waals surface area contributed by atoms with Crippen molar-refractivity contribution in [3.05, 3.63) is 63.6 Å². The van der Waals surface area contributed by atoms with Gasteiger partial charge in [-0.2, -0.15) is 0 Å². The van der Waals surface area contributed by atoms with Gasteiger partial charge in [0.1, 0.15) is 6.54 Å². The first-order valence-corrected chi connectivity index (χ1v) is 9.03. The van der Waals surface area contributed by atoms with Gasteiger partial charge in [0.05, 0.1) is 10.7 Å². The number of benzene rings is 2. The third-order valence-electron chi connectivity index (χ3n) is 3.76. The third-order valence-corrected chi connectivity index (χ3v) is 4.30. The second kappa shape index (κ2) is 11.1. The number of nitrogens with one attached hydrogen (secondary N) is 1. The Hall–Kier alpha value is -1.79. The van der Waals surface area contributed by atoms with Crippen molar-refractivity contribution in [1.29, 1.82) is 0 Å². The van der Waals surface area contributed by atoms with Gasteiger partial charge in [-0.25, -0.2) is 0 Å². The van der Waals surface area contributed by atoms with Gasteiger partial charge in [0.15, 0.2) is 0 Å². The molecule has 2 amide bonds. The lowest BCUT2D eigenvalue weighted by atomic mass is 10.1. The fourth-order valence-electron chi connectivity index (χ4n) is 2.44. The van der Waals surface area contributed by atoms with E-state index in [0.717, 1.165) is 12.0 Å². The van der Waals surface area contributed by atoms with Crippen molar-refractivity contribution in [1.82, 2.24) is 4.90 Å². The molecule has 2 aromatic carbocycles. The fraction of sp³-hybridized carbons (Fsp3) is 0.263. The summed E-state index contributed by atoms with van der Waals surface area (Å²) in [6, 6.07) is 11.9. The van der Waals surface area contributed by atoms with Crippen LogP contribution in [0.5, 0.6) is 0 Å². The predicted octanol–water partition coefficient (Wildman–Crippen LogP) is 4.36. The molecule has 5 nitrogen and oxygen atoms in total. The van der Waals surface area contributed by atoms with E-state index in [0.29, 0.717) is 34.4 Å². The number of nitrogens with zero attached hydrogens (tertiary/aromatic N) is 1. The van der Waals surface area contributed by atoms with Gasteiger partial charge in [-0.15, -0.1) is 12.4 Å². The van der Waals surface area contributed by atoms with Gasteiger partial charge in [-0.05, 0) is 42.3 Å². The summed E-state index contributed by atoms with van der Waals surface area (Å²) in [6.45, 7) is 2.77. The number of halogens is 3. The highest BCUT2D eigenvalue weighted by Crippen LogP contribution is 2.25. The molecule has 0 unspecified atom stereocenters. The highest BCUT2D eigenvalue weighted by Gasteiger charge is 2.18. The summed E-state index contributed by atoms with van der Waals surface area (Å²) < 4.78 is 0. The largest absolute Gasteiger partial charge is 0.329 e. The van der Waals surface area contributed by atoms with Gasteiger partial charge in [0.25, 0.3) is 5.91 Å². The lowest BCUT2D eigenvalue weighted by Crippen LogP contribution is -2.38. The zero-order valence-corrected chi connectivity index (χ0v) is 17.2. The minimum absolute atomic E-state index is 0. The molecule has 8 heteroatoms. The molecule has 0 bridgehead atoms. The number of hydrogen-bond acceptors (Lipinski definition) is 3. The van der Waals surface area contributed by atoms with Crippen LogP contribution in [-0.2, 0) is 11.3 Å². The second-order valence-electron chi connectivity index (χ2n) is 5.80. The van der Waals surface area contributed by atoms with Crippen LogP contribution in [0.1, 0.15) is 29.3 Å². The molecule has 0 aliphatic heterocycles. The molecule has 146 valence electrons. The number of carbonyl (C=O) groups is 2. The van der Waals surface area contributed by atoms with Crippen molar-refractivity contribution in [3.63, 3.8) is 0 Å². The van der Waals surface area contributed by atoms with Crippen molar-refractivity contribution in [2.75, 3.05) is 18.4 Å². The Bertz CT molecular complexity index is 782. The van der Waals surface area contributed by atoms with Gasteiger partial charge in [-0.1, -0.05) is 42.3 Å². The maximum absolute atomic E-state index is 12.7. The topological polar surface area (TPSA) is 75.4 Å². The average molecular weight is 431 g/mol. The van der Waals surface area contributed by atoms with Crippen LogP contribution in [0.2, 0.25) is 10.0 Å². The zero-order chi connectivity index (χ0) is 19.1. The number of rotatable bonds is 7. The quantitative estimate of drug-likeness (QED) is 0.685. The predicted molar refractivity (Wildman–Crippen MR) is 113 cm³/mol. The first kappa shape index (κ1) is 23.2. The summed E-state index contributed by atoms with van der Waals surface area (Å²) in [5.74, 6) is -0.526. The van der Waals surface area contributed by atoms with E-state index in [-0.39, 0.29) is 30.8 Å². The molecule has 0 aliphatic rings. The fourth-order valence-corrected chi connectivity index (χ4v) is 2.90. The molecule has 0 spiro atoms. The van der Waals surface area contributed by atoms with Gasteiger partial charge in [-0.3, -0.25) is 9.59 Å². The van der Waals surface area contributed by atoms with Crippen molar-refractivity contribution >= 4 is 53.1 Å². The Morgan fingerprint density at radius 2 is 1.78 bits per heavy atom. The zero-order valence-electron chi connectivity index (χ0n) is 14.9. The van der Waals surface area contributed by atoms with Crippen LogP contribution in [-0.4, -0.2) is 29.8 Å². The molecule has 0 saturated heterocycles. The number of nitrogens with two attached hydrogens (primary N) is 1. The highest BCUT2D eigenvalue weighted by atomic mass is 35.5. The molecule has 0 saturated carbocycles. The minimum Gasteiger partial charge on any atom is -0.329 e. The Kier molecular flexibility index (Phi) is 9.60.